The highest BCUT2D eigenvalue weighted by Gasteiger charge is 2.20. The molecule has 0 radical (unpaired) electrons. The lowest BCUT2D eigenvalue weighted by Gasteiger charge is -2.25. The molecule has 1 aliphatic rings. The molecule has 21 heavy (non-hydrogen) atoms. The fraction of sp³-hybridized carbons (Fsp3) is 0.647. The molecule has 1 aromatic rings. The molecule has 118 valence electrons. The topological polar surface area (TPSA) is 24.1 Å². The van der Waals surface area contributed by atoms with Gasteiger partial charge in [-0.05, 0) is 51.8 Å². The number of rotatable bonds is 5. The molecule has 0 aliphatic carbocycles. The summed E-state index contributed by atoms with van der Waals surface area (Å²) in [6.07, 6.45) is 5.98. The minimum atomic E-state index is -0.477. The van der Waals surface area contributed by atoms with Crippen LogP contribution in [0.4, 0.5) is 8.78 Å². The number of nitrogens with one attached hydrogen (secondary N) is 2. The van der Waals surface area contributed by atoms with Gasteiger partial charge in [-0.2, -0.15) is 0 Å². The van der Waals surface area contributed by atoms with Crippen molar-refractivity contribution >= 4 is 0 Å². The monoisotopic (exact) mass is 296 g/mol. The third-order valence-electron chi connectivity index (χ3n) is 4.27. The molecule has 0 bridgehead atoms. The summed E-state index contributed by atoms with van der Waals surface area (Å²) in [5.41, 5.74) is 0.137. The molecule has 2 nitrogen and oxygen atoms in total. The predicted molar refractivity (Wildman–Crippen MR) is 82.2 cm³/mol. The molecule has 2 N–H and O–H groups in total. The smallest absolute Gasteiger partial charge is 0.130 e. The molecule has 4 heteroatoms. The third kappa shape index (κ3) is 4.75. The van der Waals surface area contributed by atoms with Gasteiger partial charge in [0.25, 0.3) is 0 Å². The Bertz CT molecular complexity index is 422. The first-order valence-corrected chi connectivity index (χ1v) is 8.01. The van der Waals surface area contributed by atoms with E-state index in [0.717, 1.165) is 13.0 Å². The first kappa shape index (κ1) is 16.4. The van der Waals surface area contributed by atoms with Gasteiger partial charge >= 0.3 is 0 Å². The Kier molecular flexibility index (Phi) is 6.12. The second kappa shape index (κ2) is 7.85. The Balaban J connectivity index is 1.90. The van der Waals surface area contributed by atoms with Crippen LogP contribution in [0.15, 0.2) is 18.2 Å². The number of hydrogen-bond donors (Lipinski definition) is 2. The highest BCUT2D eigenvalue weighted by Crippen LogP contribution is 2.21. The zero-order valence-electron chi connectivity index (χ0n) is 13.0. The second-order valence-corrected chi connectivity index (χ2v) is 6.16. The molecule has 3 atom stereocenters. The highest BCUT2D eigenvalue weighted by molar-refractivity contribution is 5.22. The SMILES string of the molecule is CC(CC1CCCCCN1)NC(C)c1c(F)cccc1F. The zero-order chi connectivity index (χ0) is 15.2. The van der Waals surface area contributed by atoms with Crippen LogP contribution in [-0.2, 0) is 0 Å². The van der Waals surface area contributed by atoms with Crippen molar-refractivity contribution in [2.24, 2.45) is 0 Å². The van der Waals surface area contributed by atoms with E-state index in [0.29, 0.717) is 6.04 Å². The minimum absolute atomic E-state index is 0.137. The van der Waals surface area contributed by atoms with Gasteiger partial charge in [-0.15, -0.1) is 0 Å². The molecule has 1 saturated heterocycles. The minimum Gasteiger partial charge on any atom is -0.314 e. The first-order chi connectivity index (χ1) is 10.1. The summed E-state index contributed by atoms with van der Waals surface area (Å²) >= 11 is 0. The van der Waals surface area contributed by atoms with E-state index < -0.39 is 11.6 Å². The van der Waals surface area contributed by atoms with Crippen molar-refractivity contribution in [3.05, 3.63) is 35.4 Å². The van der Waals surface area contributed by atoms with Crippen LogP contribution in [0.3, 0.4) is 0 Å². The van der Waals surface area contributed by atoms with Gasteiger partial charge in [0, 0.05) is 23.7 Å². The van der Waals surface area contributed by atoms with Gasteiger partial charge in [0.2, 0.25) is 0 Å². The van der Waals surface area contributed by atoms with Crippen molar-refractivity contribution in [2.45, 2.75) is 64.1 Å². The van der Waals surface area contributed by atoms with E-state index in [-0.39, 0.29) is 17.6 Å². The van der Waals surface area contributed by atoms with Gasteiger partial charge in [0.1, 0.15) is 11.6 Å². The van der Waals surface area contributed by atoms with Crippen molar-refractivity contribution in [2.75, 3.05) is 6.54 Å². The Morgan fingerprint density at radius 1 is 1.19 bits per heavy atom. The average molecular weight is 296 g/mol. The summed E-state index contributed by atoms with van der Waals surface area (Å²) < 4.78 is 27.5. The van der Waals surface area contributed by atoms with Crippen LogP contribution in [0, 0.1) is 11.6 Å². The van der Waals surface area contributed by atoms with Crippen LogP contribution in [0.5, 0.6) is 0 Å². The second-order valence-electron chi connectivity index (χ2n) is 6.16. The number of hydrogen-bond acceptors (Lipinski definition) is 2. The van der Waals surface area contributed by atoms with Crippen LogP contribution in [0.25, 0.3) is 0 Å². The normalized spacial score (nSPS) is 22.6. The van der Waals surface area contributed by atoms with Crippen molar-refractivity contribution in [3.63, 3.8) is 0 Å². The third-order valence-corrected chi connectivity index (χ3v) is 4.27. The number of benzene rings is 1. The summed E-state index contributed by atoms with van der Waals surface area (Å²) in [6, 6.07) is 4.43. The van der Waals surface area contributed by atoms with Gasteiger partial charge in [-0.3, -0.25) is 0 Å². The van der Waals surface area contributed by atoms with E-state index in [9.17, 15) is 8.78 Å². The van der Waals surface area contributed by atoms with E-state index in [4.69, 9.17) is 0 Å². The van der Waals surface area contributed by atoms with Crippen LogP contribution in [0.2, 0.25) is 0 Å². The van der Waals surface area contributed by atoms with Gasteiger partial charge in [-0.1, -0.05) is 18.9 Å². The molecular formula is C17H26F2N2. The summed E-state index contributed by atoms with van der Waals surface area (Å²) in [7, 11) is 0. The van der Waals surface area contributed by atoms with E-state index in [1.165, 1.54) is 43.9 Å². The quantitative estimate of drug-likeness (QED) is 0.860. The van der Waals surface area contributed by atoms with Crippen molar-refractivity contribution in [1.82, 2.24) is 10.6 Å². The van der Waals surface area contributed by atoms with Crippen LogP contribution in [-0.4, -0.2) is 18.6 Å². The molecule has 3 unspecified atom stereocenters. The first-order valence-electron chi connectivity index (χ1n) is 8.01. The van der Waals surface area contributed by atoms with Crippen molar-refractivity contribution in [1.29, 1.82) is 0 Å². The maximum Gasteiger partial charge on any atom is 0.130 e. The summed E-state index contributed by atoms with van der Waals surface area (Å²) in [5, 5.41) is 6.89. The Morgan fingerprint density at radius 2 is 1.90 bits per heavy atom. The average Bonchev–Trinajstić information content (AvgIpc) is 2.66. The fourth-order valence-corrected chi connectivity index (χ4v) is 3.23. The zero-order valence-corrected chi connectivity index (χ0v) is 13.0. The molecule has 2 rings (SSSR count). The van der Waals surface area contributed by atoms with E-state index in [2.05, 4.69) is 17.6 Å². The predicted octanol–water partition coefficient (Wildman–Crippen LogP) is 3.93. The van der Waals surface area contributed by atoms with Gasteiger partial charge < -0.3 is 10.6 Å². The molecule has 0 amide bonds. The standard InChI is InChI=1S/C17H26F2N2/c1-12(11-14-7-4-3-5-10-20-14)21-13(2)17-15(18)8-6-9-16(17)19/h6,8-9,12-14,20-21H,3-5,7,10-11H2,1-2H3. The molecule has 0 aromatic heterocycles. The molecule has 0 spiro atoms. The van der Waals surface area contributed by atoms with E-state index >= 15 is 0 Å². The van der Waals surface area contributed by atoms with Gasteiger partial charge in [0.05, 0.1) is 0 Å². The molecule has 1 fully saturated rings. The Hall–Kier alpha value is -1.00. The summed E-state index contributed by atoms with van der Waals surface area (Å²) in [6.45, 7) is 4.98. The van der Waals surface area contributed by atoms with E-state index in [1.807, 2.05) is 6.92 Å². The number of halogens is 2. The molecule has 1 aliphatic heterocycles. The lowest BCUT2D eigenvalue weighted by atomic mass is 10.0. The lowest BCUT2D eigenvalue weighted by molar-refractivity contribution is 0.371. The molecule has 1 aromatic carbocycles. The Labute approximate surface area is 126 Å². The molecule has 0 saturated carbocycles. The maximum absolute atomic E-state index is 13.8. The van der Waals surface area contributed by atoms with Gasteiger partial charge in [0.15, 0.2) is 0 Å². The van der Waals surface area contributed by atoms with Crippen molar-refractivity contribution < 1.29 is 8.78 Å². The van der Waals surface area contributed by atoms with E-state index in [1.54, 1.807) is 0 Å². The Morgan fingerprint density at radius 3 is 2.62 bits per heavy atom. The van der Waals surface area contributed by atoms with Crippen LogP contribution < -0.4 is 10.6 Å². The van der Waals surface area contributed by atoms with Gasteiger partial charge in [-0.25, -0.2) is 8.78 Å². The fourth-order valence-electron chi connectivity index (χ4n) is 3.23. The molecular weight excluding hydrogens is 270 g/mol. The summed E-state index contributed by atoms with van der Waals surface area (Å²) in [5.74, 6) is -0.954. The lowest BCUT2D eigenvalue weighted by Crippen LogP contribution is -2.38. The largest absolute Gasteiger partial charge is 0.314 e. The molecule has 1 heterocycles. The summed E-state index contributed by atoms with van der Waals surface area (Å²) in [4.78, 5) is 0. The highest BCUT2D eigenvalue weighted by atomic mass is 19.1. The van der Waals surface area contributed by atoms with Crippen molar-refractivity contribution in [3.8, 4) is 0 Å². The van der Waals surface area contributed by atoms with Crippen LogP contribution in [0.1, 0.15) is 57.6 Å². The van der Waals surface area contributed by atoms with Crippen LogP contribution >= 0.6 is 0 Å². The maximum atomic E-state index is 13.8.